The average Bonchev–Trinajstić information content (AvgIpc) is 3.36. The molecule has 3 heterocycles. The number of nitrogen functional groups attached to an aromatic ring is 1. The van der Waals surface area contributed by atoms with Crippen LogP contribution < -0.4 is 10.5 Å². The Kier molecular flexibility index (Phi) is 3.86. The first kappa shape index (κ1) is 16.9. The number of rotatable bonds is 3. The fourth-order valence-corrected chi connectivity index (χ4v) is 4.35. The fraction of sp³-hybridized carbons (Fsp3) is 0.273. The highest BCUT2D eigenvalue weighted by atomic mass is 16.5. The van der Waals surface area contributed by atoms with Crippen molar-refractivity contribution in [2.45, 2.75) is 31.7 Å². The Morgan fingerprint density at radius 1 is 1.21 bits per heavy atom. The van der Waals surface area contributed by atoms with Crippen molar-refractivity contribution in [1.82, 2.24) is 14.5 Å². The Balaban J connectivity index is 1.77. The van der Waals surface area contributed by atoms with Gasteiger partial charge in [0.1, 0.15) is 5.75 Å². The van der Waals surface area contributed by atoms with E-state index < -0.39 is 0 Å². The third kappa shape index (κ3) is 2.48. The van der Waals surface area contributed by atoms with Crippen LogP contribution >= 0.6 is 0 Å². The second-order valence-electron chi connectivity index (χ2n) is 7.40. The minimum atomic E-state index is 0.224. The van der Waals surface area contributed by atoms with Crippen LogP contribution in [0.4, 0.5) is 5.69 Å². The monoisotopic (exact) mass is 374 g/mol. The molecule has 6 nitrogen and oxygen atoms in total. The summed E-state index contributed by atoms with van der Waals surface area (Å²) in [6, 6.07) is 8.15. The van der Waals surface area contributed by atoms with E-state index in [9.17, 15) is 5.11 Å². The first-order chi connectivity index (χ1) is 13.7. The lowest BCUT2D eigenvalue weighted by Gasteiger charge is -2.12. The zero-order valence-electron chi connectivity index (χ0n) is 15.7. The lowest BCUT2D eigenvalue weighted by Crippen LogP contribution is -2.01. The van der Waals surface area contributed by atoms with E-state index in [1.165, 1.54) is 12.8 Å². The van der Waals surface area contributed by atoms with Crippen LogP contribution in [-0.4, -0.2) is 26.8 Å². The molecule has 3 aromatic heterocycles. The SMILES string of the molecule is COc1cncc(-c2cccc3c(N)c4c(O)n(C5CCCC5)cc4nc23)c1. The van der Waals surface area contributed by atoms with Gasteiger partial charge in [0, 0.05) is 34.9 Å². The van der Waals surface area contributed by atoms with Crippen molar-refractivity contribution >= 4 is 27.5 Å². The van der Waals surface area contributed by atoms with E-state index in [0.717, 1.165) is 40.4 Å². The minimum absolute atomic E-state index is 0.224. The summed E-state index contributed by atoms with van der Waals surface area (Å²) in [5, 5.41) is 12.3. The number of nitrogens with two attached hydrogens (primary N) is 1. The molecule has 0 amide bonds. The quantitative estimate of drug-likeness (QED) is 0.544. The van der Waals surface area contributed by atoms with Crippen LogP contribution in [0.5, 0.6) is 11.6 Å². The molecule has 0 aliphatic heterocycles. The highest BCUT2D eigenvalue weighted by molar-refractivity contribution is 6.12. The van der Waals surface area contributed by atoms with Gasteiger partial charge in [-0.1, -0.05) is 31.0 Å². The second kappa shape index (κ2) is 6.41. The van der Waals surface area contributed by atoms with E-state index >= 15 is 0 Å². The van der Waals surface area contributed by atoms with Crippen molar-refractivity contribution in [1.29, 1.82) is 0 Å². The van der Waals surface area contributed by atoms with Crippen molar-refractivity contribution in [2.75, 3.05) is 12.8 Å². The normalized spacial score (nSPS) is 14.9. The van der Waals surface area contributed by atoms with Gasteiger partial charge in [0.25, 0.3) is 0 Å². The number of pyridine rings is 2. The summed E-state index contributed by atoms with van der Waals surface area (Å²) in [7, 11) is 1.62. The van der Waals surface area contributed by atoms with E-state index in [2.05, 4.69) is 4.98 Å². The summed E-state index contributed by atoms with van der Waals surface area (Å²) in [6.07, 6.45) is 9.95. The molecule has 0 unspecified atom stereocenters. The third-order valence-electron chi connectivity index (χ3n) is 5.79. The van der Waals surface area contributed by atoms with Gasteiger partial charge in [-0.05, 0) is 18.9 Å². The van der Waals surface area contributed by atoms with E-state index in [-0.39, 0.29) is 5.88 Å². The van der Waals surface area contributed by atoms with Gasteiger partial charge in [-0.2, -0.15) is 0 Å². The lowest BCUT2D eigenvalue weighted by molar-refractivity contribution is 0.387. The van der Waals surface area contributed by atoms with Gasteiger partial charge in [-0.25, -0.2) is 4.98 Å². The molecule has 6 heteroatoms. The zero-order valence-corrected chi connectivity index (χ0v) is 15.7. The lowest BCUT2D eigenvalue weighted by atomic mass is 10.0. The average molecular weight is 374 g/mol. The van der Waals surface area contributed by atoms with Crippen LogP contribution in [0.15, 0.2) is 42.9 Å². The van der Waals surface area contributed by atoms with Crippen LogP contribution in [0, 0.1) is 0 Å². The molecule has 0 bridgehead atoms. The molecule has 1 aromatic carbocycles. The molecule has 1 aliphatic carbocycles. The maximum Gasteiger partial charge on any atom is 0.203 e. The molecular formula is C22H22N4O2. The predicted octanol–water partition coefficient (Wildman–Crippen LogP) is 4.66. The molecule has 0 atom stereocenters. The number of fused-ring (bicyclic) bond motifs is 2. The number of aromatic nitrogens is 3. The molecule has 0 spiro atoms. The van der Waals surface area contributed by atoms with Gasteiger partial charge < -0.3 is 20.1 Å². The summed E-state index contributed by atoms with van der Waals surface area (Å²) < 4.78 is 7.27. The number of benzene rings is 1. The van der Waals surface area contributed by atoms with Crippen LogP contribution in [0.1, 0.15) is 31.7 Å². The van der Waals surface area contributed by atoms with E-state index in [0.29, 0.717) is 22.9 Å². The number of methoxy groups -OCH3 is 1. The maximum absolute atomic E-state index is 10.9. The third-order valence-corrected chi connectivity index (χ3v) is 5.79. The largest absolute Gasteiger partial charge is 0.495 e. The number of para-hydroxylation sites is 1. The molecule has 1 aliphatic rings. The Bertz CT molecular complexity index is 1190. The summed E-state index contributed by atoms with van der Waals surface area (Å²) in [6.45, 7) is 0. The highest BCUT2D eigenvalue weighted by Crippen LogP contribution is 2.42. The Labute approximate surface area is 162 Å². The second-order valence-corrected chi connectivity index (χ2v) is 7.40. The minimum Gasteiger partial charge on any atom is -0.495 e. The standard InChI is InChI=1S/C22H22N4O2/c1-28-15-9-13(10-24-11-15)16-7-4-8-17-20(23)19-18(25-21(16)17)12-26(22(19)27)14-5-2-3-6-14/h4,7-12,14,27H,2-3,5-6,23H2,1H3. The molecule has 3 N–H and O–H groups in total. The molecule has 0 radical (unpaired) electrons. The van der Waals surface area contributed by atoms with E-state index in [1.807, 2.05) is 35.0 Å². The highest BCUT2D eigenvalue weighted by Gasteiger charge is 2.23. The molecule has 5 rings (SSSR count). The van der Waals surface area contributed by atoms with Gasteiger partial charge in [-0.15, -0.1) is 0 Å². The molecule has 28 heavy (non-hydrogen) atoms. The van der Waals surface area contributed by atoms with Gasteiger partial charge in [0.15, 0.2) is 0 Å². The van der Waals surface area contributed by atoms with Crippen molar-refractivity contribution in [3.8, 4) is 22.8 Å². The number of hydrogen-bond donors (Lipinski definition) is 2. The van der Waals surface area contributed by atoms with Crippen molar-refractivity contribution in [2.24, 2.45) is 0 Å². The summed E-state index contributed by atoms with van der Waals surface area (Å²) in [4.78, 5) is 9.16. The summed E-state index contributed by atoms with van der Waals surface area (Å²) >= 11 is 0. The van der Waals surface area contributed by atoms with Crippen molar-refractivity contribution in [3.05, 3.63) is 42.9 Å². The Morgan fingerprint density at radius 3 is 2.82 bits per heavy atom. The molecule has 142 valence electrons. The number of nitrogens with zero attached hydrogens (tertiary/aromatic N) is 3. The van der Waals surface area contributed by atoms with Gasteiger partial charge in [0.05, 0.1) is 35.4 Å². The predicted molar refractivity (Wildman–Crippen MR) is 111 cm³/mol. The Morgan fingerprint density at radius 2 is 2.04 bits per heavy atom. The van der Waals surface area contributed by atoms with Crippen LogP contribution in [-0.2, 0) is 0 Å². The molecular weight excluding hydrogens is 352 g/mol. The molecule has 1 saturated carbocycles. The molecule has 4 aromatic rings. The fourth-order valence-electron chi connectivity index (χ4n) is 4.35. The summed E-state index contributed by atoms with van der Waals surface area (Å²) in [5.41, 5.74) is 10.4. The number of aromatic hydroxyl groups is 1. The van der Waals surface area contributed by atoms with Crippen LogP contribution in [0.2, 0.25) is 0 Å². The number of ether oxygens (including phenoxy) is 1. The van der Waals surface area contributed by atoms with E-state index in [1.54, 1.807) is 19.5 Å². The van der Waals surface area contributed by atoms with Crippen molar-refractivity contribution in [3.63, 3.8) is 0 Å². The molecule has 1 fully saturated rings. The van der Waals surface area contributed by atoms with Gasteiger partial charge in [-0.3, -0.25) is 4.98 Å². The smallest absolute Gasteiger partial charge is 0.203 e. The van der Waals surface area contributed by atoms with Crippen LogP contribution in [0.3, 0.4) is 0 Å². The summed E-state index contributed by atoms with van der Waals surface area (Å²) in [5.74, 6) is 0.913. The topological polar surface area (TPSA) is 86.2 Å². The van der Waals surface area contributed by atoms with Crippen molar-refractivity contribution < 1.29 is 9.84 Å². The van der Waals surface area contributed by atoms with E-state index in [4.69, 9.17) is 15.5 Å². The number of hydrogen-bond acceptors (Lipinski definition) is 5. The first-order valence-corrected chi connectivity index (χ1v) is 9.58. The molecule has 0 saturated heterocycles. The number of anilines is 1. The zero-order chi connectivity index (χ0) is 19.3. The Hall–Kier alpha value is -3.28. The van der Waals surface area contributed by atoms with Gasteiger partial charge >= 0.3 is 0 Å². The van der Waals surface area contributed by atoms with Crippen LogP contribution in [0.25, 0.3) is 32.9 Å². The maximum atomic E-state index is 10.9. The van der Waals surface area contributed by atoms with Gasteiger partial charge in [0.2, 0.25) is 5.88 Å². The first-order valence-electron chi connectivity index (χ1n) is 9.58.